The highest BCUT2D eigenvalue weighted by Gasteiger charge is 2.21. The van der Waals surface area contributed by atoms with E-state index in [1.165, 1.54) is 14.0 Å². The molecular weight excluding hydrogens is 418 g/mol. The van der Waals surface area contributed by atoms with Crippen molar-refractivity contribution in [1.29, 1.82) is 0 Å². The molecule has 1 N–H and O–H groups in total. The summed E-state index contributed by atoms with van der Waals surface area (Å²) < 4.78 is 12.7. The maximum absolute atomic E-state index is 12.7. The molecule has 0 spiro atoms. The second kappa shape index (κ2) is 9.16. The molecule has 4 rings (SSSR count). The first-order valence-electron chi connectivity index (χ1n) is 10.6. The first-order valence-corrected chi connectivity index (χ1v) is 10.6. The molecule has 0 bridgehead atoms. The van der Waals surface area contributed by atoms with Crippen molar-refractivity contribution < 1.29 is 19.1 Å². The second-order valence-corrected chi connectivity index (χ2v) is 7.77. The van der Waals surface area contributed by atoms with Gasteiger partial charge in [0.1, 0.15) is 11.6 Å². The summed E-state index contributed by atoms with van der Waals surface area (Å²) in [5.41, 5.74) is 4.36. The molecule has 0 fully saturated rings. The fourth-order valence-electron chi connectivity index (χ4n) is 3.67. The van der Waals surface area contributed by atoms with Crippen LogP contribution in [0.15, 0.2) is 66.7 Å². The molecule has 7 nitrogen and oxygen atoms in total. The number of carbonyl (C=O) groups is 2. The Balaban J connectivity index is 1.51. The van der Waals surface area contributed by atoms with E-state index in [2.05, 4.69) is 10.3 Å². The van der Waals surface area contributed by atoms with Crippen LogP contribution in [0.2, 0.25) is 0 Å². The lowest BCUT2D eigenvalue weighted by atomic mass is 10.2. The van der Waals surface area contributed by atoms with Crippen LogP contribution in [0.1, 0.15) is 28.7 Å². The molecule has 0 saturated heterocycles. The number of amides is 1. The van der Waals surface area contributed by atoms with Gasteiger partial charge in [-0.25, -0.2) is 9.78 Å². The van der Waals surface area contributed by atoms with Crippen molar-refractivity contribution in [3.05, 3.63) is 83.7 Å². The third kappa shape index (κ3) is 4.57. The van der Waals surface area contributed by atoms with Gasteiger partial charge in [0.05, 0.1) is 29.4 Å². The smallest absolute Gasteiger partial charge is 0.338 e. The summed E-state index contributed by atoms with van der Waals surface area (Å²) in [4.78, 5) is 29.9. The third-order valence-corrected chi connectivity index (χ3v) is 5.34. The van der Waals surface area contributed by atoms with Crippen LogP contribution in [0.25, 0.3) is 16.7 Å². The Kier molecular flexibility index (Phi) is 6.13. The molecule has 0 aliphatic heterocycles. The van der Waals surface area contributed by atoms with Gasteiger partial charge in [0, 0.05) is 5.69 Å². The van der Waals surface area contributed by atoms with Gasteiger partial charge >= 0.3 is 5.97 Å². The van der Waals surface area contributed by atoms with E-state index in [0.717, 1.165) is 22.6 Å². The number of nitrogens with zero attached hydrogens (tertiary/aromatic N) is 2. The van der Waals surface area contributed by atoms with Crippen LogP contribution in [0.3, 0.4) is 0 Å². The Morgan fingerprint density at radius 1 is 1.00 bits per heavy atom. The fourth-order valence-corrected chi connectivity index (χ4v) is 3.67. The quantitative estimate of drug-likeness (QED) is 0.432. The van der Waals surface area contributed by atoms with Crippen LogP contribution >= 0.6 is 0 Å². The molecule has 1 aromatic heterocycles. The van der Waals surface area contributed by atoms with Crippen LogP contribution in [-0.4, -0.2) is 34.6 Å². The molecule has 7 heteroatoms. The van der Waals surface area contributed by atoms with Gasteiger partial charge in [0.2, 0.25) is 0 Å². The standard InChI is InChI=1S/C26H25N3O4/c1-16-10-13-24(32-4)22(14-16)28-25(30)17(2)33-26(31)19-11-12-23-21(15-19)27-18(3)29(23)20-8-6-5-7-9-20/h5-15,17H,1-4H3,(H,28,30). The fraction of sp³-hybridized carbons (Fsp3) is 0.192. The predicted molar refractivity (Wildman–Crippen MR) is 127 cm³/mol. The van der Waals surface area contributed by atoms with Gasteiger partial charge in [0.25, 0.3) is 5.91 Å². The average Bonchev–Trinajstić information content (AvgIpc) is 3.14. The SMILES string of the molecule is COc1ccc(C)cc1NC(=O)C(C)OC(=O)c1ccc2c(c1)nc(C)n2-c1ccccc1. The van der Waals surface area contributed by atoms with Crippen molar-refractivity contribution in [3.63, 3.8) is 0 Å². The zero-order valence-electron chi connectivity index (χ0n) is 19.0. The number of benzene rings is 3. The number of anilines is 1. The van der Waals surface area contributed by atoms with Gasteiger partial charge in [-0.1, -0.05) is 24.3 Å². The predicted octanol–water partition coefficient (Wildman–Crippen LogP) is 4.83. The number of methoxy groups -OCH3 is 1. The number of hydrogen-bond donors (Lipinski definition) is 1. The van der Waals surface area contributed by atoms with Crippen molar-refractivity contribution >= 4 is 28.6 Å². The van der Waals surface area contributed by atoms with Gasteiger partial charge in [-0.3, -0.25) is 9.36 Å². The normalized spacial score (nSPS) is 11.8. The van der Waals surface area contributed by atoms with Crippen molar-refractivity contribution in [2.45, 2.75) is 26.9 Å². The molecule has 3 aromatic carbocycles. The van der Waals surface area contributed by atoms with E-state index < -0.39 is 18.0 Å². The van der Waals surface area contributed by atoms with E-state index in [9.17, 15) is 9.59 Å². The molecule has 4 aromatic rings. The number of hydrogen-bond acceptors (Lipinski definition) is 5. The maximum Gasteiger partial charge on any atom is 0.338 e. The van der Waals surface area contributed by atoms with Crippen molar-refractivity contribution in [2.75, 3.05) is 12.4 Å². The third-order valence-electron chi connectivity index (χ3n) is 5.34. The Labute approximate surface area is 192 Å². The minimum atomic E-state index is -0.998. The lowest BCUT2D eigenvalue weighted by Crippen LogP contribution is -2.30. The number of para-hydroxylation sites is 1. The van der Waals surface area contributed by atoms with Crippen LogP contribution in [0.5, 0.6) is 5.75 Å². The van der Waals surface area contributed by atoms with Gasteiger partial charge in [-0.05, 0) is 68.8 Å². The number of esters is 1. The molecule has 1 amide bonds. The lowest BCUT2D eigenvalue weighted by Gasteiger charge is -2.15. The monoisotopic (exact) mass is 443 g/mol. The van der Waals surface area contributed by atoms with Crippen LogP contribution in [-0.2, 0) is 9.53 Å². The number of carbonyl (C=O) groups excluding carboxylic acids is 2. The Morgan fingerprint density at radius 2 is 1.76 bits per heavy atom. The zero-order valence-corrected chi connectivity index (χ0v) is 19.0. The second-order valence-electron chi connectivity index (χ2n) is 7.77. The molecule has 33 heavy (non-hydrogen) atoms. The van der Waals surface area contributed by atoms with Gasteiger partial charge < -0.3 is 14.8 Å². The number of ether oxygens (including phenoxy) is 2. The minimum absolute atomic E-state index is 0.327. The minimum Gasteiger partial charge on any atom is -0.495 e. The summed E-state index contributed by atoms with van der Waals surface area (Å²) in [6.45, 7) is 5.36. The van der Waals surface area contributed by atoms with Crippen molar-refractivity contribution in [3.8, 4) is 11.4 Å². The number of imidazole rings is 1. The van der Waals surface area contributed by atoms with E-state index in [1.54, 1.807) is 24.3 Å². The summed E-state index contributed by atoms with van der Waals surface area (Å²) in [6, 6.07) is 20.5. The van der Waals surface area contributed by atoms with Crippen LogP contribution in [0.4, 0.5) is 5.69 Å². The summed E-state index contributed by atoms with van der Waals surface area (Å²) >= 11 is 0. The number of fused-ring (bicyclic) bond motifs is 1. The molecule has 0 saturated carbocycles. The van der Waals surface area contributed by atoms with Crippen LogP contribution in [0, 0.1) is 13.8 Å². The number of nitrogens with one attached hydrogen (secondary N) is 1. The highest BCUT2D eigenvalue weighted by molar-refractivity contribution is 5.99. The molecule has 0 aliphatic rings. The zero-order chi connectivity index (χ0) is 23.5. The van der Waals surface area contributed by atoms with E-state index in [1.807, 2.05) is 60.9 Å². The molecule has 0 aliphatic carbocycles. The molecule has 1 heterocycles. The lowest BCUT2D eigenvalue weighted by molar-refractivity contribution is -0.123. The molecule has 0 radical (unpaired) electrons. The first-order chi connectivity index (χ1) is 15.9. The number of aromatic nitrogens is 2. The Morgan fingerprint density at radius 3 is 2.48 bits per heavy atom. The Hall–Kier alpha value is -4.13. The maximum atomic E-state index is 12.7. The summed E-state index contributed by atoms with van der Waals surface area (Å²) in [6.07, 6.45) is -0.998. The molecule has 1 atom stereocenters. The summed E-state index contributed by atoms with van der Waals surface area (Å²) in [5, 5.41) is 2.76. The molecule has 1 unspecified atom stereocenters. The number of rotatable bonds is 6. The molecular formula is C26H25N3O4. The van der Waals surface area contributed by atoms with Crippen molar-refractivity contribution in [2.24, 2.45) is 0 Å². The molecule has 168 valence electrons. The van der Waals surface area contributed by atoms with E-state index in [4.69, 9.17) is 9.47 Å². The Bertz CT molecular complexity index is 1330. The van der Waals surface area contributed by atoms with Gasteiger partial charge in [-0.15, -0.1) is 0 Å². The highest BCUT2D eigenvalue weighted by Crippen LogP contribution is 2.26. The summed E-state index contributed by atoms with van der Waals surface area (Å²) in [5.74, 6) is 0.295. The summed E-state index contributed by atoms with van der Waals surface area (Å²) in [7, 11) is 1.53. The first kappa shape index (κ1) is 22.1. The number of aryl methyl sites for hydroxylation is 2. The van der Waals surface area contributed by atoms with Gasteiger partial charge in [-0.2, -0.15) is 0 Å². The van der Waals surface area contributed by atoms with E-state index >= 15 is 0 Å². The van der Waals surface area contributed by atoms with Crippen molar-refractivity contribution in [1.82, 2.24) is 9.55 Å². The van der Waals surface area contributed by atoms with Crippen LogP contribution < -0.4 is 10.1 Å². The highest BCUT2D eigenvalue weighted by atomic mass is 16.5. The van der Waals surface area contributed by atoms with E-state index in [-0.39, 0.29) is 0 Å². The largest absolute Gasteiger partial charge is 0.495 e. The average molecular weight is 444 g/mol. The van der Waals surface area contributed by atoms with E-state index in [0.29, 0.717) is 22.5 Å². The topological polar surface area (TPSA) is 82.4 Å². The van der Waals surface area contributed by atoms with Gasteiger partial charge in [0.15, 0.2) is 6.10 Å².